The average Bonchev–Trinajstić information content (AvgIpc) is 3.00. The van der Waals surface area contributed by atoms with E-state index >= 15 is 0 Å². The van der Waals surface area contributed by atoms with Crippen molar-refractivity contribution in [3.05, 3.63) is 41.7 Å². The molecule has 1 aliphatic heterocycles. The fourth-order valence-corrected chi connectivity index (χ4v) is 3.46. The number of aromatic nitrogens is 2. The number of esters is 1. The van der Waals surface area contributed by atoms with Crippen molar-refractivity contribution in [1.82, 2.24) is 14.7 Å². The molecule has 0 aliphatic carbocycles. The largest absolute Gasteiger partial charge is 0.497 e. The van der Waals surface area contributed by atoms with Gasteiger partial charge in [-0.05, 0) is 37.6 Å². The maximum Gasteiger partial charge on any atom is 0.341 e. The lowest BCUT2D eigenvalue weighted by Crippen LogP contribution is -2.33. The summed E-state index contributed by atoms with van der Waals surface area (Å²) in [6.45, 7) is 5.05. The molecule has 0 amide bonds. The molecule has 0 saturated carbocycles. The number of methoxy groups -OCH3 is 1. The van der Waals surface area contributed by atoms with E-state index in [0.29, 0.717) is 6.54 Å². The van der Waals surface area contributed by atoms with Gasteiger partial charge in [-0.3, -0.25) is 4.90 Å². The van der Waals surface area contributed by atoms with Gasteiger partial charge in [0.05, 0.1) is 26.6 Å². The lowest BCUT2D eigenvalue weighted by atomic mass is 10.2. The Morgan fingerprint density at radius 3 is 2.59 bits per heavy atom. The van der Waals surface area contributed by atoms with Crippen molar-refractivity contribution >= 4 is 11.7 Å². The molecule has 0 spiro atoms. The van der Waals surface area contributed by atoms with Gasteiger partial charge in [-0.15, -0.1) is 0 Å². The van der Waals surface area contributed by atoms with Crippen molar-refractivity contribution < 1.29 is 23.0 Å². The fourth-order valence-electron chi connectivity index (χ4n) is 3.46. The number of alkyl halides is 2. The highest BCUT2D eigenvalue weighted by Crippen LogP contribution is 2.25. The first-order valence-electron chi connectivity index (χ1n) is 9.65. The molecule has 7 nitrogen and oxygen atoms in total. The van der Waals surface area contributed by atoms with Gasteiger partial charge in [-0.2, -0.15) is 5.10 Å². The third-order valence-corrected chi connectivity index (χ3v) is 4.94. The van der Waals surface area contributed by atoms with Crippen LogP contribution in [-0.2, 0) is 11.4 Å². The standard InChI is InChI=1S/C20H26F2N4O3/c1-3-29-20(27)17-13-23-26(18(17)19(21)22)14-24-9-4-10-25(12-11-24)15-5-7-16(28-2)8-6-15/h5-8,13,19H,3-4,9-12,14H2,1-2H3. The predicted octanol–water partition coefficient (Wildman–Crippen LogP) is 3.18. The van der Waals surface area contributed by atoms with E-state index in [9.17, 15) is 13.6 Å². The molecule has 0 unspecified atom stereocenters. The molecule has 0 atom stereocenters. The fraction of sp³-hybridized carbons (Fsp3) is 0.500. The number of halogens is 2. The summed E-state index contributed by atoms with van der Waals surface area (Å²) in [5.74, 6) is 0.0383. The van der Waals surface area contributed by atoms with Gasteiger partial charge in [-0.25, -0.2) is 18.3 Å². The van der Waals surface area contributed by atoms with E-state index in [1.54, 1.807) is 14.0 Å². The van der Waals surface area contributed by atoms with Crippen LogP contribution >= 0.6 is 0 Å². The lowest BCUT2D eigenvalue weighted by Gasteiger charge is -2.24. The first-order valence-corrected chi connectivity index (χ1v) is 9.65. The first kappa shape index (κ1) is 21.0. The molecule has 0 N–H and O–H groups in total. The minimum atomic E-state index is -2.81. The number of benzene rings is 1. The van der Waals surface area contributed by atoms with Gasteiger partial charge in [0.2, 0.25) is 0 Å². The van der Waals surface area contributed by atoms with E-state index < -0.39 is 12.4 Å². The predicted molar refractivity (Wildman–Crippen MR) is 105 cm³/mol. The van der Waals surface area contributed by atoms with Crippen LogP contribution < -0.4 is 9.64 Å². The third-order valence-electron chi connectivity index (χ3n) is 4.94. The minimum absolute atomic E-state index is 0.125. The van der Waals surface area contributed by atoms with E-state index in [0.717, 1.165) is 37.5 Å². The van der Waals surface area contributed by atoms with Crippen molar-refractivity contribution in [3.63, 3.8) is 0 Å². The van der Waals surface area contributed by atoms with E-state index in [2.05, 4.69) is 14.9 Å². The molecular weight excluding hydrogens is 382 g/mol. The highest BCUT2D eigenvalue weighted by molar-refractivity contribution is 5.90. The summed E-state index contributed by atoms with van der Waals surface area (Å²) < 4.78 is 38.5. The van der Waals surface area contributed by atoms with E-state index in [4.69, 9.17) is 9.47 Å². The number of anilines is 1. The number of hydrogen-bond acceptors (Lipinski definition) is 6. The summed E-state index contributed by atoms with van der Waals surface area (Å²) in [6, 6.07) is 7.88. The van der Waals surface area contributed by atoms with E-state index in [1.165, 1.54) is 10.9 Å². The third kappa shape index (κ3) is 5.03. The van der Waals surface area contributed by atoms with Crippen LogP contribution in [0.2, 0.25) is 0 Å². The Morgan fingerprint density at radius 1 is 1.17 bits per heavy atom. The van der Waals surface area contributed by atoms with Crippen LogP contribution in [0.1, 0.15) is 35.8 Å². The molecule has 158 valence electrons. The molecular formula is C20H26F2N4O3. The molecule has 9 heteroatoms. The second-order valence-electron chi connectivity index (χ2n) is 6.76. The number of carbonyl (C=O) groups excluding carboxylic acids is 1. The van der Waals surface area contributed by atoms with Crippen LogP contribution in [0.3, 0.4) is 0 Å². The second-order valence-corrected chi connectivity index (χ2v) is 6.76. The van der Waals surface area contributed by atoms with Gasteiger partial charge in [0.25, 0.3) is 6.43 Å². The zero-order valence-corrected chi connectivity index (χ0v) is 16.7. The summed E-state index contributed by atoms with van der Waals surface area (Å²) in [7, 11) is 1.63. The van der Waals surface area contributed by atoms with Gasteiger partial charge in [0, 0.05) is 31.9 Å². The van der Waals surface area contributed by atoms with E-state index in [-0.39, 0.29) is 24.5 Å². The van der Waals surface area contributed by atoms with Crippen molar-refractivity contribution in [2.75, 3.05) is 44.8 Å². The normalized spacial score (nSPS) is 15.4. The van der Waals surface area contributed by atoms with Crippen LogP contribution in [0, 0.1) is 0 Å². The van der Waals surface area contributed by atoms with Crippen molar-refractivity contribution in [3.8, 4) is 5.75 Å². The molecule has 2 heterocycles. The highest BCUT2D eigenvalue weighted by Gasteiger charge is 2.26. The Morgan fingerprint density at radius 2 is 1.93 bits per heavy atom. The van der Waals surface area contributed by atoms with Crippen LogP contribution in [0.15, 0.2) is 30.5 Å². The smallest absolute Gasteiger partial charge is 0.341 e. The molecule has 0 radical (unpaired) electrons. The highest BCUT2D eigenvalue weighted by atomic mass is 19.3. The number of ether oxygens (including phenoxy) is 2. The van der Waals surface area contributed by atoms with Gasteiger partial charge in [-0.1, -0.05) is 0 Å². The summed E-state index contributed by atoms with van der Waals surface area (Å²) in [5, 5.41) is 4.03. The zero-order chi connectivity index (χ0) is 20.8. The Hall–Kier alpha value is -2.68. The summed E-state index contributed by atoms with van der Waals surface area (Å²) >= 11 is 0. The number of nitrogens with zero attached hydrogens (tertiary/aromatic N) is 4. The van der Waals surface area contributed by atoms with Gasteiger partial charge < -0.3 is 14.4 Å². The molecule has 1 aromatic heterocycles. The molecule has 1 aromatic carbocycles. The Labute approximate surface area is 168 Å². The molecule has 3 rings (SSSR count). The maximum absolute atomic E-state index is 13.6. The Kier molecular flexibility index (Phi) is 7.03. The van der Waals surface area contributed by atoms with Gasteiger partial charge in [0.1, 0.15) is 17.0 Å². The minimum Gasteiger partial charge on any atom is -0.497 e. The van der Waals surface area contributed by atoms with Crippen LogP contribution in [0.4, 0.5) is 14.5 Å². The number of rotatable bonds is 7. The van der Waals surface area contributed by atoms with Crippen molar-refractivity contribution in [2.45, 2.75) is 26.4 Å². The maximum atomic E-state index is 13.6. The van der Waals surface area contributed by atoms with Crippen LogP contribution in [-0.4, -0.2) is 60.5 Å². The topological polar surface area (TPSA) is 59.8 Å². The molecule has 0 bridgehead atoms. The number of carbonyl (C=O) groups is 1. The Balaban J connectivity index is 1.67. The average molecular weight is 408 g/mol. The summed E-state index contributed by atoms with van der Waals surface area (Å²) in [5.41, 5.74) is 0.542. The van der Waals surface area contributed by atoms with E-state index in [1.807, 2.05) is 24.3 Å². The molecule has 1 aliphatic rings. The van der Waals surface area contributed by atoms with Crippen LogP contribution in [0.25, 0.3) is 0 Å². The second kappa shape index (κ2) is 9.69. The van der Waals surface area contributed by atoms with Gasteiger partial charge in [0.15, 0.2) is 0 Å². The number of hydrogen-bond donors (Lipinski definition) is 0. The molecule has 2 aromatic rings. The molecule has 29 heavy (non-hydrogen) atoms. The summed E-state index contributed by atoms with van der Waals surface area (Å²) in [4.78, 5) is 16.3. The zero-order valence-electron chi connectivity index (χ0n) is 16.7. The SMILES string of the molecule is CCOC(=O)c1cnn(CN2CCCN(c3ccc(OC)cc3)CC2)c1C(F)F. The van der Waals surface area contributed by atoms with Crippen molar-refractivity contribution in [1.29, 1.82) is 0 Å². The molecule has 1 saturated heterocycles. The molecule has 1 fully saturated rings. The Bertz CT molecular complexity index is 811. The lowest BCUT2D eigenvalue weighted by molar-refractivity contribution is 0.0512. The van der Waals surface area contributed by atoms with Crippen LogP contribution in [0.5, 0.6) is 5.75 Å². The summed E-state index contributed by atoms with van der Waals surface area (Å²) in [6.07, 6.45) is -0.747. The quantitative estimate of drug-likeness (QED) is 0.656. The van der Waals surface area contributed by atoms with Gasteiger partial charge >= 0.3 is 5.97 Å². The monoisotopic (exact) mass is 408 g/mol. The first-order chi connectivity index (χ1) is 14.0. The van der Waals surface area contributed by atoms with Crippen molar-refractivity contribution in [2.24, 2.45) is 0 Å².